The number of fused-ring (bicyclic) bond motifs is 1. The molecule has 0 spiro atoms. The van der Waals surface area contributed by atoms with Crippen LogP contribution in [0.3, 0.4) is 0 Å². The zero-order valence-corrected chi connectivity index (χ0v) is 12.5. The number of nitrogens with two attached hydrogens (primary N) is 1. The largest absolute Gasteiger partial charge is 0.329 e. The molecule has 1 aliphatic heterocycles. The van der Waals surface area contributed by atoms with E-state index in [9.17, 15) is 4.79 Å². The smallest absolute Gasteiger partial charge is 0.258 e. The van der Waals surface area contributed by atoms with Crippen LogP contribution in [0.4, 0.5) is 5.69 Å². The fraction of sp³-hybridized carbons (Fsp3) is 0.211. The van der Waals surface area contributed by atoms with E-state index in [4.69, 9.17) is 5.73 Å². The first-order chi connectivity index (χ1) is 10.8. The third kappa shape index (κ3) is 2.81. The van der Waals surface area contributed by atoms with E-state index in [0.29, 0.717) is 13.1 Å². The molecule has 0 saturated heterocycles. The van der Waals surface area contributed by atoms with Crippen molar-refractivity contribution in [2.75, 3.05) is 18.0 Å². The van der Waals surface area contributed by atoms with Gasteiger partial charge in [-0.25, -0.2) is 0 Å². The van der Waals surface area contributed by atoms with Crippen LogP contribution in [0.25, 0.3) is 5.57 Å². The minimum Gasteiger partial charge on any atom is -0.329 e. The van der Waals surface area contributed by atoms with Gasteiger partial charge in [0.05, 0.1) is 5.69 Å². The Morgan fingerprint density at radius 2 is 1.73 bits per heavy atom. The Balaban J connectivity index is 1.81. The van der Waals surface area contributed by atoms with E-state index >= 15 is 0 Å². The summed E-state index contributed by atoms with van der Waals surface area (Å²) in [6.45, 7) is 1.03. The Bertz CT molecular complexity index is 692. The number of benzene rings is 2. The van der Waals surface area contributed by atoms with Crippen molar-refractivity contribution in [2.24, 2.45) is 5.73 Å². The molecule has 22 heavy (non-hydrogen) atoms. The van der Waals surface area contributed by atoms with Crippen molar-refractivity contribution < 1.29 is 4.79 Å². The molecule has 1 heterocycles. The number of carbonyl (C=O) groups excluding carboxylic acids is 1. The van der Waals surface area contributed by atoms with Gasteiger partial charge >= 0.3 is 0 Å². The topological polar surface area (TPSA) is 46.3 Å². The molecule has 0 aromatic heterocycles. The minimum absolute atomic E-state index is 0.0692. The molecule has 0 saturated carbocycles. The Morgan fingerprint density at radius 3 is 2.50 bits per heavy atom. The molecule has 2 aromatic carbocycles. The standard InChI is InChI=1S/C19H20N2O/c20-13-14-21-18-12-5-4-10-16(18)17(19(21)22)11-6-9-15-7-2-1-3-8-15/h1-5,7-8,10-12H,6,9,13-14,20H2. The normalized spacial score (nSPS) is 15.4. The van der Waals surface area contributed by atoms with Crippen LogP contribution in [0.1, 0.15) is 17.5 Å². The van der Waals surface area contributed by atoms with Crippen LogP contribution in [-0.4, -0.2) is 19.0 Å². The van der Waals surface area contributed by atoms with E-state index < -0.39 is 0 Å². The molecule has 112 valence electrons. The fourth-order valence-corrected chi connectivity index (χ4v) is 2.88. The van der Waals surface area contributed by atoms with Gasteiger partial charge in [-0.1, -0.05) is 54.6 Å². The molecule has 0 unspecified atom stereocenters. The Morgan fingerprint density at radius 1 is 1.00 bits per heavy atom. The number of amides is 1. The molecule has 2 aromatic rings. The zero-order chi connectivity index (χ0) is 15.4. The van der Waals surface area contributed by atoms with Crippen molar-refractivity contribution in [2.45, 2.75) is 12.8 Å². The number of carbonyl (C=O) groups is 1. The number of hydrogen-bond acceptors (Lipinski definition) is 2. The third-order valence-corrected chi connectivity index (χ3v) is 3.94. The van der Waals surface area contributed by atoms with Crippen molar-refractivity contribution in [3.8, 4) is 0 Å². The average Bonchev–Trinajstić information content (AvgIpc) is 2.82. The van der Waals surface area contributed by atoms with Gasteiger partial charge in [-0.15, -0.1) is 0 Å². The molecule has 0 atom stereocenters. The van der Waals surface area contributed by atoms with Crippen molar-refractivity contribution in [3.63, 3.8) is 0 Å². The molecule has 0 bridgehead atoms. The number of nitrogens with zero attached hydrogens (tertiary/aromatic N) is 1. The molecule has 1 aliphatic rings. The summed E-state index contributed by atoms with van der Waals surface area (Å²) < 4.78 is 0. The van der Waals surface area contributed by atoms with Gasteiger partial charge in [-0.3, -0.25) is 4.79 Å². The van der Waals surface area contributed by atoms with Crippen LogP contribution in [-0.2, 0) is 11.2 Å². The first-order valence-electron chi connectivity index (χ1n) is 7.66. The molecule has 0 fully saturated rings. The SMILES string of the molecule is NCCN1C(=O)C(=CCCc2ccccc2)c2ccccc21. The van der Waals surface area contributed by atoms with Crippen molar-refractivity contribution in [3.05, 3.63) is 71.8 Å². The maximum absolute atomic E-state index is 12.6. The molecule has 0 radical (unpaired) electrons. The molecule has 0 aliphatic carbocycles. The lowest BCUT2D eigenvalue weighted by molar-refractivity contribution is -0.113. The molecule has 2 N–H and O–H groups in total. The van der Waals surface area contributed by atoms with Gasteiger partial charge in [0.1, 0.15) is 0 Å². The van der Waals surface area contributed by atoms with E-state index in [-0.39, 0.29) is 5.91 Å². The number of rotatable bonds is 5. The van der Waals surface area contributed by atoms with Gasteiger partial charge in [-0.05, 0) is 24.5 Å². The number of anilines is 1. The summed E-state index contributed by atoms with van der Waals surface area (Å²) in [7, 11) is 0. The number of para-hydroxylation sites is 1. The predicted octanol–water partition coefficient (Wildman–Crippen LogP) is 3.01. The Hall–Kier alpha value is -2.39. The van der Waals surface area contributed by atoms with E-state index in [1.807, 2.05) is 42.5 Å². The summed E-state index contributed by atoms with van der Waals surface area (Å²) in [5.41, 5.74) is 9.73. The maximum atomic E-state index is 12.6. The summed E-state index contributed by atoms with van der Waals surface area (Å²) in [5, 5.41) is 0. The lowest BCUT2D eigenvalue weighted by Gasteiger charge is -2.15. The van der Waals surface area contributed by atoms with E-state index in [1.54, 1.807) is 4.90 Å². The van der Waals surface area contributed by atoms with Gasteiger partial charge < -0.3 is 10.6 Å². The quantitative estimate of drug-likeness (QED) is 0.861. The molecule has 3 heteroatoms. The molecule has 1 amide bonds. The van der Waals surface area contributed by atoms with Gasteiger partial charge in [0.25, 0.3) is 5.91 Å². The third-order valence-electron chi connectivity index (χ3n) is 3.94. The first kappa shape index (κ1) is 14.5. The summed E-state index contributed by atoms with van der Waals surface area (Å²) in [6, 6.07) is 18.3. The average molecular weight is 292 g/mol. The highest BCUT2D eigenvalue weighted by Gasteiger charge is 2.30. The second-order valence-electron chi connectivity index (χ2n) is 5.40. The summed E-state index contributed by atoms with van der Waals surface area (Å²) in [4.78, 5) is 14.4. The van der Waals surface area contributed by atoms with E-state index in [0.717, 1.165) is 29.7 Å². The zero-order valence-electron chi connectivity index (χ0n) is 12.5. The summed E-state index contributed by atoms with van der Waals surface area (Å²) >= 11 is 0. The van der Waals surface area contributed by atoms with Crippen molar-refractivity contribution in [1.82, 2.24) is 0 Å². The fourth-order valence-electron chi connectivity index (χ4n) is 2.88. The molecule has 3 nitrogen and oxygen atoms in total. The lowest BCUT2D eigenvalue weighted by atomic mass is 10.0. The van der Waals surface area contributed by atoms with Crippen molar-refractivity contribution in [1.29, 1.82) is 0 Å². The van der Waals surface area contributed by atoms with Crippen LogP contribution >= 0.6 is 0 Å². The summed E-state index contributed by atoms with van der Waals surface area (Å²) in [5.74, 6) is 0.0692. The number of hydrogen-bond donors (Lipinski definition) is 1. The van der Waals surface area contributed by atoms with E-state index in [2.05, 4.69) is 18.2 Å². The second kappa shape index (κ2) is 6.58. The summed E-state index contributed by atoms with van der Waals surface area (Å²) in [6.07, 6.45) is 3.86. The monoisotopic (exact) mass is 292 g/mol. The van der Waals surface area contributed by atoms with Crippen LogP contribution < -0.4 is 10.6 Å². The number of allylic oxidation sites excluding steroid dienone is 1. The maximum Gasteiger partial charge on any atom is 0.258 e. The van der Waals surface area contributed by atoms with Gasteiger partial charge in [0, 0.05) is 24.2 Å². The van der Waals surface area contributed by atoms with Gasteiger partial charge in [0.15, 0.2) is 0 Å². The highest BCUT2D eigenvalue weighted by molar-refractivity contribution is 6.32. The Kier molecular flexibility index (Phi) is 4.35. The highest BCUT2D eigenvalue weighted by atomic mass is 16.2. The van der Waals surface area contributed by atoms with Crippen LogP contribution in [0.15, 0.2) is 60.7 Å². The van der Waals surface area contributed by atoms with E-state index in [1.165, 1.54) is 5.56 Å². The van der Waals surface area contributed by atoms with Gasteiger partial charge in [-0.2, -0.15) is 0 Å². The first-order valence-corrected chi connectivity index (χ1v) is 7.66. The predicted molar refractivity (Wildman–Crippen MR) is 90.6 cm³/mol. The van der Waals surface area contributed by atoms with Crippen LogP contribution in [0.5, 0.6) is 0 Å². The lowest BCUT2D eigenvalue weighted by Crippen LogP contribution is -2.31. The van der Waals surface area contributed by atoms with Gasteiger partial charge in [0.2, 0.25) is 0 Å². The number of aryl methyl sites for hydroxylation is 1. The highest BCUT2D eigenvalue weighted by Crippen LogP contribution is 2.36. The second-order valence-corrected chi connectivity index (χ2v) is 5.40. The molecule has 3 rings (SSSR count). The van der Waals surface area contributed by atoms with Crippen LogP contribution in [0.2, 0.25) is 0 Å². The Labute approximate surface area is 131 Å². The molecular weight excluding hydrogens is 272 g/mol. The molecular formula is C19H20N2O. The van der Waals surface area contributed by atoms with Crippen LogP contribution in [0, 0.1) is 0 Å². The minimum atomic E-state index is 0.0692. The van der Waals surface area contributed by atoms with Crippen molar-refractivity contribution >= 4 is 17.2 Å².